The molecule has 1 aliphatic rings. The number of rotatable bonds is 5. The zero-order valence-corrected chi connectivity index (χ0v) is 15.7. The molecule has 0 atom stereocenters. The van der Waals surface area contributed by atoms with Crippen molar-refractivity contribution in [1.29, 1.82) is 0 Å². The third-order valence-corrected chi connectivity index (χ3v) is 5.61. The minimum atomic E-state index is -4.02. The molecule has 2 aromatic carbocycles. The van der Waals surface area contributed by atoms with Crippen molar-refractivity contribution < 1.29 is 30.9 Å². The van der Waals surface area contributed by atoms with Crippen molar-refractivity contribution in [2.45, 2.75) is 6.42 Å². The quantitative estimate of drug-likeness (QED) is 0.684. The lowest BCUT2D eigenvalue weighted by molar-refractivity contribution is -0.117. The van der Waals surface area contributed by atoms with Crippen molar-refractivity contribution in [3.8, 4) is 11.5 Å². The first-order valence-electron chi connectivity index (χ1n) is 7.68. The van der Waals surface area contributed by atoms with E-state index in [-0.39, 0.29) is 23.6 Å². The summed E-state index contributed by atoms with van der Waals surface area (Å²) >= 11 is 0. The van der Waals surface area contributed by atoms with E-state index >= 15 is 0 Å². The summed E-state index contributed by atoms with van der Waals surface area (Å²) in [5, 5.41) is 10.2. The van der Waals surface area contributed by atoms with E-state index in [0.29, 0.717) is 11.1 Å². The Kier molecular flexibility index (Phi) is 4.74. The van der Waals surface area contributed by atoms with Gasteiger partial charge in [-0.2, -0.15) is 16.8 Å². The molecule has 9 nitrogen and oxygen atoms in total. The average Bonchev–Trinajstić information content (AvgIpc) is 2.80. The number of phenolic OH excluding ortho intramolecular Hbond substituents is 1. The third-order valence-electron chi connectivity index (χ3n) is 3.74. The van der Waals surface area contributed by atoms with Crippen LogP contribution in [0.4, 0.5) is 5.69 Å². The molecule has 0 radical (unpaired) electrons. The number of carbonyl (C=O) groups excluding carboxylic acids is 1. The van der Waals surface area contributed by atoms with Gasteiger partial charge in [0, 0.05) is 12.0 Å². The summed E-state index contributed by atoms with van der Waals surface area (Å²) in [5.74, 6) is -0.847. The molecule has 1 heterocycles. The highest BCUT2D eigenvalue weighted by Gasteiger charge is 2.35. The molecule has 27 heavy (non-hydrogen) atoms. The van der Waals surface area contributed by atoms with Gasteiger partial charge in [0.25, 0.3) is 5.91 Å². The van der Waals surface area contributed by atoms with Crippen molar-refractivity contribution in [1.82, 2.24) is 4.72 Å². The second-order valence-electron chi connectivity index (χ2n) is 5.93. The maximum Gasteiger partial charge on any atom is 0.326 e. The van der Waals surface area contributed by atoms with E-state index < -0.39 is 32.8 Å². The molecule has 11 heteroatoms. The Labute approximate surface area is 156 Å². The molecule has 144 valence electrons. The lowest BCUT2D eigenvalue weighted by Gasteiger charge is -2.17. The minimum Gasteiger partial charge on any atom is -0.506 e. The molecule has 0 aliphatic carbocycles. The number of nitrogens with zero attached hydrogens (tertiary/aromatic N) is 1. The van der Waals surface area contributed by atoms with E-state index in [1.807, 2.05) is 4.72 Å². The van der Waals surface area contributed by atoms with Crippen LogP contribution in [0.5, 0.6) is 11.5 Å². The van der Waals surface area contributed by atoms with E-state index in [0.717, 1.165) is 10.6 Å². The maximum atomic E-state index is 11.9. The molecule has 1 amide bonds. The van der Waals surface area contributed by atoms with Gasteiger partial charge < -0.3 is 9.29 Å². The Hall–Kier alpha value is -2.79. The molecular weight excluding hydrogens is 396 g/mol. The molecule has 2 aromatic rings. The van der Waals surface area contributed by atoms with Gasteiger partial charge in [0.15, 0.2) is 0 Å². The summed E-state index contributed by atoms with van der Waals surface area (Å²) in [7, 11) is -7.72. The average molecular weight is 412 g/mol. The number of para-hydroxylation sites is 1. The number of amides is 1. The van der Waals surface area contributed by atoms with E-state index in [1.165, 1.54) is 18.2 Å². The summed E-state index contributed by atoms with van der Waals surface area (Å²) in [6.45, 7) is -0.416. The van der Waals surface area contributed by atoms with Crippen LogP contribution in [0.15, 0.2) is 42.5 Å². The fourth-order valence-corrected chi connectivity index (χ4v) is 4.32. The Bertz CT molecular complexity index is 1110. The molecule has 1 saturated heterocycles. The number of nitrogens with one attached hydrogen (secondary N) is 1. The van der Waals surface area contributed by atoms with Crippen LogP contribution in [0.1, 0.15) is 11.1 Å². The number of benzene rings is 2. The van der Waals surface area contributed by atoms with Gasteiger partial charge in [0.2, 0.25) is 0 Å². The van der Waals surface area contributed by atoms with Gasteiger partial charge in [-0.25, -0.2) is 9.03 Å². The topological polar surface area (TPSA) is 130 Å². The van der Waals surface area contributed by atoms with Crippen molar-refractivity contribution in [3.63, 3.8) is 0 Å². The highest BCUT2D eigenvalue weighted by molar-refractivity contribution is 7.92. The predicted octanol–water partition coefficient (Wildman–Crippen LogP) is 0.502. The Morgan fingerprint density at radius 2 is 1.93 bits per heavy atom. The third kappa shape index (κ3) is 4.31. The summed E-state index contributed by atoms with van der Waals surface area (Å²) in [6.07, 6.45) is 1.18. The van der Waals surface area contributed by atoms with Gasteiger partial charge in [-0.05, 0) is 23.8 Å². The van der Waals surface area contributed by atoms with Crippen LogP contribution in [0.2, 0.25) is 0 Å². The second-order valence-corrected chi connectivity index (χ2v) is 9.10. The SMILES string of the molecule is CS(=O)(=O)Oc1ccccc1Cc1ccc(N2CC(=O)NS2(=O)=O)c(O)c1. The molecule has 0 saturated carbocycles. The van der Waals surface area contributed by atoms with Gasteiger partial charge in [-0.3, -0.25) is 4.79 Å². The van der Waals surface area contributed by atoms with Crippen LogP contribution in [-0.4, -0.2) is 40.6 Å². The van der Waals surface area contributed by atoms with Gasteiger partial charge in [0.1, 0.15) is 18.0 Å². The van der Waals surface area contributed by atoms with Crippen LogP contribution in [-0.2, 0) is 31.5 Å². The van der Waals surface area contributed by atoms with Gasteiger partial charge >= 0.3 is 20.3 Å². The lowest BCUT2D eigenvalue weighted by Crippen LogP contribution is -2.29. The fourth-order valence-electron chi connectivity index (χ4n) is 2.67. The normalized spacial score (nSPS) is 16.2. The summed E-state index contributed by atoms with van der Waals surface area (Å²) in [5.41, 5.74) is 1.13. The molecule has 0 aromatic heterocycles. The van der Waals surface area contributed by atoms with Crippen LogP contribution < -0.4 is 13.2 Å². The highest BCUT2D eigenvalue weighted by Crippen LogP contribution is 2.32. The first-order valence-corrected chi connectivity index (χ1v) is 10.9. The Morgan fingerprint density at radius 3 is 2.52 bits per heavy atom. The van der Waals surface area contributed by atoms with Crippen LogP contribution in [0, 0.1) is 0 Å². The van der Waals surface area contributed by atoms with Crippen molar-refractivity contribution >= 4 is 31.9 Å². The lowest BCUT2D eigenvalue weighted by atomic mass is 10.0. The summed E-state index contributed by atoms with van der Waals surface area (Å²) in [4.78, 5) is 11.3. The molecule has 0 bridgehead atoms. The van der Waals surface area contributed by atoms with Crippen molar-refractivity contribution in [3.05, 3.63) is 53.6 Å². The maximum absolute atomic E-state index is 11.9. The molecular formula is C16H16N2O7S2. The summed E-state index contributed by atoms with van der Waals surface area (Å²) in [6, 6.07) is 10.8. The zero-order valence-electron chi connectivity index (χ0n) is 14.1. The first kappa shape index (κ1) is 19.0. The molecule has 1 fully saturated rings. The number of anilines is 1. The number of carbonyl (C=O) groups is 1. The predicted molar refractivity (Wildman–Crippen MR) is 97.2 cm³/mol. The molecule has 3 rings (SSSR count). The second kappa shape index (κ2) is 6.74. The Balaban J connectivity index is 1.89. The van der Waals surface area contributed by atoms with Crippen molar-refractivity contribution in [2.24, 2.45) is 0 Å². The largest absolute Gasteiger partial charge is 0.506 e. The Morgan fingerprint density at radius 1 is 1.22 bits per heavy atom. The monoisotopic (exact) mass is 412 g/mol. The minimum absolute atomic E-state index is 0.0298. The van der Waals surface area contributed by atoms with E-state index in [2.05, 4.69) is 0 Å². The molecule has 1 aliphatic heterocycles. The van der Waals surface area contributed by atoms with Gasteiger partial charge in [-0.15, -0.1) is 0 Å². The molecule has 0 unspecified atom stereocenters. The van der Waals surface area contributed by atoms with Crippen molar-refractivity contribution in [2.75, 3.05) is 17.1 Å². The molecule has 2 N–H and O–H groups in total. The number of aromatic hydroxyl groups is 1. The number of phenols is 1. The smallest absolute Gasteiger partial charge is 0.326 e. The van der Waals surface area contributed by atoms with Crippen LogP contribution in [0.3, 0.4) is 0 Å². The number of hydrogen-bond donors (Lipinski definition) is 2. The van der Waals surface area contributed by atoms with Crippen LogP contribution in [0.25, 0.3) is 0 Å². The van der Waals surface area contributed by atoms with E-state index in [9.17, 15) is 26.7 Å². The van der Waals surface area contributed by atoms with E-state index in [1.54, 1.807) is 24.3 Å². The fraction of sp³-hybridized carbons (Fsp3) is 0.188. The molecule has 0 spiro atoms. The first-order chi connectivity index (χ1) is 12.5. The number of hydrogen-bond acceptors (Lipinski definition) is 7. The zero-order chi connectivity index (χ0) is 19.8. The highest BCUT2D eigenvalue weighted by atomic mass is 32.2. The summed E-state index contributed by atoms with van der Waals surface area (Å²) < 4.78 is 54.1. The van der Waals surface area contributed by atoms with Crippen LogP contribution >= 0.6 is 0 Å². The van der Waals surface area contributed by atoms with Gasteiger partial charge in [0.05, 0.1) is 11.9 Å². The standard InChI is InChI=1S/C16H16N2O7S2/c1-26(21,22)25-15-5-3-2-4-12(15)8-11-6-7-13(14(19)9-11)18-10-16(20)17-27(18,23)24/h2-7,9,19H,8,10H2,1H3,(H,17,20). The van der Waals surface area contributed by atoms with Gasteiger partial charge in [-0.1, -0.05) is 24.3 Å². The van der Waals surface area contributed by atoms with E-state index in [4.69, 9.17) is 4.18 Å².